The molecule has 0 radical (unpaired) electrons. The number of rotatable bonds is 3. The van der Waals surface area contributed by atoms with E-state index in [0.717, 1.165) is 16.3 Å². The number of azo groups is 1. The van der Waals surface area contributed by atoms with E-state index in [4.69, 9.17) is 4.74 Å². The zero-order valence-electron chi connectivity index (χ0n) is 12.4. The lowest BCUT2D eigenvalue weighted by atomic mass is 10.1. The normalized spacial score (nSPS) is 11.2. The van der Waals surface area contributed by atoms with Crippen LogP contribution in [0, 0.1) is 6.92 Å². The summed E-state index contributed by atoms with van der Waals surface area (Å²) in [5.74, 6) is 0.792. The molecule has 0 atom stereocenters. The Labute approximate surface area is 128 Å². The summed E-state index contributed by atoms with van der Waals surface area (Å²) < 4.78 is 5.37. The number of hydrogen-bond acceptors (Lipinski definition) is 4. The third-order valence-corrected chi connectivity index (χ3v) is 3.53. The lowest BCUT2D eigenvalue weighted by molar-refractivity contribution is 0.412. The number of benzene rings is 3. The van der Waals surface area contributed by atoms with Gasteiger partial charge < -0.3 is 9.84 Å². The molecule has 1 N–H and O–H groups in total. The van der Waals surface area contributed by atoms with Crippen LogP contribution < -0.4 is 4.74 Å². The van der Waals surface area contributed by atoms with Crippen molar-refractivity contribution < 1.29 is 9.84 Å². The number of fused-ring (bicyclic) bond motifs is 1. The SMILES string of the molecule is COc1c(C)cccc1N=Nc1c(O)ccc2ccccc12. The quantitative estimate of drug-likeness (QED) is 0.668. The molecule has 0 bridgehead atoms. The third-order valence-electron chi connectivity index (χ3n) is 3.53. The number of phenols is 1. The molecule has 0 aliphatic rings. The molecule has 0 aliphatic carbocycles. The van der Waals surface area contributed by atoms with E-state index < -0.39 is 0 Å². The Kier molecular flexibility index (Phi) is 3.74. The minimum absolute atomic E-state index is 0.106. The molecule has 3 aromatic rings. The highest BCUT2D eigenvalue weighted by Gasteiger charge is 2.08. The fourth-order valence-electron chi connectivity index (χ4n) is 2.43. The van der Waals surface area contributed by atoms with Crippen molar-refractivity contribution in [1.29, 1.82) is 0 Å². The minimum atomic E-state index is 0.106. The van der Waals surface area contributed by atoms with Gasteiger partial charge in [0.2, 0.25) is 0 Å². The van der Waals surface area contributed by atoms with Crippen LogP contribution in [0.5, 0.6) is 11.5 Å². The summed E-state index contributed by atoms with van der Waals surface area (Å²) in [6, 6.07) is 16.9. The number of nitrogens with zero attached hydrogens (tertiary/aromatic N) is 2. The molecule has 4 heteroatoms. The number of ether oxygens (including phenoxy) is 1. The van der Waals surface area contributed by atoms with E-state index in [2.05, 4.69) is 10.2 Å². The van der Waals surface area contributed by atoms with Crippen molar-refractivity contribution in [2.75, 3.05) is 7.11 Å². The second-order valence-electron chi connectivity index (χ2n) is 4.98. The first-order valence-corrected chi connectivity index (χ1v) is 6.97. The summed E-state index contributed by atoms with van der Waals surface area (Å²) in [4.78, 5) is 0. The van der Waals surface area contributed by atoms with Gasteiger partial charge in [0.1, 0.15) is 22.9 Å². The van der Waals surface area contributed by atoms with Crippen LogP contribution in [0.2, 0.25) is 0 Å². The average molecular weight is 292 g/mol. The monoisotopic (exact) mass is 292 g/mol. The van der Waals surface area contributed by atoms with Crippen LogP contribution in [0.25, 0.3) is 10.8 Å². The molecule has 0 fully saturated rings. The van der Waals surface area contributed by atoms with Gasteiger partial charge in [-0.05, 0) is 30.0 Å². The number of aryl methyl sites for hydroxylation is 1. The maximum atomic E-state index is 10.1. The number of methoxy groups -OCH3 is 1. The molecule has 4 nitrogen and oxygen atoms in total. The molecule has 110 valence electrons. The first kappa shape index (κ1) is 14.1. The molecular weight excluding hydrogens is 276 g/mol. The summed E-state index contributed by atoms with van der Waals surface area (Å²) in [5.41, 5.74) is 2.08. The van der Waals surface area contributed by atoms with Crippen molar-refractivity contribution in [3.8, 4) is 11.5 Å². The third kappa shape index (κ3) is 2.51. The maximum absolute atomic E-state index is 10.1. The van der Waals surface area contributed by atoms with Crippen LogP contribution in [0.1, 0.15) is 5.56 Å². The molecule has 0 saturated carbocycles. The summed E-state index contributed by atoms with van der Waals surface area (Å²) in [6.07, 6.45) is 0. The van der Waals surface area contributed by atoms with Crippen molar-refractivity contribution in [3.05, 3.63) is 60.2 Å². The maximum Gasteiger partial charge on any atom is 0.149 e. The molecule has 0 amide bonds. The van der Waals surface area contributed by atoms with Gasteiger partial charge in [-0.2, -0.15) is 0 Å². The molecular formula is C18H16N2O2. The standard InChI is InChI=1S/C18H16N2O2/c1-12-6-5-9-15(18(12)22-2)19-20-17-14-8-4-3-7-13(14)10-11-16(17)21/h3-11,21H,1-2H3. The van der Waals surface area contributed by atoms with Gasteiger partial charge in [0.05, 0.1) is 7.11 Å². The average Bonchev–Trinajstić information content (AvgIpc) is 2.54. The van der Waals surface area contributed by atoms with E-state index in [9.17, 15) is 5.11 Å². The molecule has 3 aromatic carbocycles. The number of phenolic OH excluding ortho intramolecular Hbond substituents is 1. The summed E-state index contributed by atoms with van der Waals surface area (Å²) >= 11 is 0. The summed E-state index contributed by atoms with van der Waals surface area (Å²) in [5, 5.41) is 20.5. The van der Waals surface area contributed by atoms with E-state index >= 15 is 0 Å². The van der Waals surface area contributed by atoms with Crippen LogP contribution >= 0.6 is 0 Å². The number of para-hydroxylation sites is 1. The zero-order valence-corrected chi connectivity index (χ0v) is 12.4. The van der Waals surface area contributed by atoms with Gasteiger partial charge in [0.25, 0.3) is 0 Å². The van der Waals surface area contributed by atoms with Gasteiger partial charge in [-0.3, -0.25) is 0 Å². The Bertz CT molecular complexity index is 857. The van der Waals surface area contributed by atoms with Crippen LogP contribution in [0.4, 0.5) is 11.4 Å². The van der Waals surface area contributed by atoms with Crippen LogP contribution in [-0.4, -0.2) is 12.2 Å². The van der Waals surface area contributed by atoms with Crippen molar-refractivity contribution in [2.45, 2.75) is 6.92 Å². The highest BCUT2D eigenvalue weighted by molar-refractivity contribution is 5.95. The molecule has 3 rings (SSSR count). The Morgan fingerprint density at radius 2 is 1.73 bits per heavy atom. The van der Waals surface area contributed by atoms with Gasteiger partial charge >= 0.3 is 0 Å². The second-order valence-corrected chi connectivity index (χ2v) is 4.98. The van der Waals surface area contributed by atoms with Gasteiger partial charge in [0, 0.05) is 5.39 Å². The van der Waals surface area contributed by atoms with Crippen molar-refractivity contribution in [1.82, 2.24) is 0 Å². The Morgan fingerprint density at radius 1 is 0.909 bits per heavy atom. The lowest BCUT2D eigenvalue weighted by Gasteiger charge is -2.07. The molecule has 0 aromatic heterocycles. The molecule has 22 heavy (non-hydrogen) atoms. The molecule has 0 heterocycles. The Morgan fingerprint density at radius 3 is 2.55 bits per heavy atom. The predicted molar refractivity (Wildman–Crippen MR) is 87.5 cm³/mol. The smallest absolute Gasteiger partial charge is 0.149 e. The fraction of sp³-hybridized carbons (Fsp3) is 0.111. The van der Waals surface area contributed by atoms with Crippen LogP contribution in [0.3, 0.4) is 0 Å². The van der Waals surface area contributed by atoms with Crippen LogP contribution in [0.15, 0.2) is 64.8 Å². The van der Waals surface area contributed by atoms with Gasteiger partial charge in [-0.15, -0.1) is 10.2 Å². The van der Waals surface area contributed by atoms with Crippen molar-refractivity contribution in [3.63, 3.8) is 0 Å². The first-order chi connectivity index (χ1) is 10.7. The van der Waals surface area contributed by atoms with Crippen molar-refractivity contribution >= 4 is 22.1 Å². The highest BCUT2D eigenvalue weighted by atomic mass is 16.5. The largest absolute Gasteiger partial charge is 0.506 e. The number of aromatic hydroxyl groups is 1. The van der Waals surface area contributed by atoms with E-state index in [-0.39, 0.29) is 5.75 Å². The van der Waals surface area contributed by atoms with Gasteiger partial charge in [-0.1, -0.05) is 42.5 Å². The Balaban J connectivity index is 2.11. The summed E-state index contributed by atoms with van der Waals surface area (Å²) in [7, 11) is 1.61. The topological polar surface area (TPSA) is 54.2 Å². The van der Waals surface area contributed by atoms with E-state index in [1.54, 1.807) is 13.2 Å². The van der Waals surface area contributed by atoms with Gasteiger partial charge in [-0.25, -0.2) is 0 Å². The highest BCUT2D eigenvalue weighted by Crippen LogP contribution is 2.37. The van der Waals surface area contributed by atoms with E-state index in [1.807, 2.05) is 55.5 Å². The van der Waals surface area contributed by atoms with E-state index in [1.165, 1.54) is 0 Å². The van der Waals surface area contributed by atoms with Crippen LogP contribution in [-0.2, 0) is 0 Å². The molecule has 0 unspecified atom stereocenters. The van der Waals surface area contributed by atoms with Gasteiger partial charge in [0.15, 0.2) is 0 Å². The first-order valence-electron chi connectivity index (χ1n) is 6.97. The molecule has 0 saturated heterocycles. The van der Waals surface area contributed by atoms with Crippen molar-refractivity contribution in [2.24, 2.45) is 10.2 Å². The summed E-state index contributed by atoms with van der Waals surface area (Å²) in [6.45, 7) is 1.95. The predicted octanol–water partition coefficient (Wildman–Crippen LogP) is 5.28. The molecule has 0 spiro atoms. The minimum Gasteiger partial charge on any atom is -0.506 e. The second kappa shape index (κ2) is 5.85. The number of hydrogen-bond donors (Lipinski definition) is 1. The lowest BCUT2D eigenvalue weighted by Crippen LogP contribution is -1.86. The van der Waals surface area contributed by atoms with E-state index in [0.29, 0.717) is 17.1 Å². The fourth-order valence-corrected chi connectivity index (χ4v) is 2.43. The zero-order chi connectivity index (χ0) is 15.5. The molecule has 0 aliphatic heterocycles. The Hall–Kier alpha value is -2.88.